The third kappa shape index (κ3) is 3.96. The summed E-state index contributed by atoms with van der Waals surface area (Å²) in [6, 6.07) is 5.56. The van der Waals surface area contributed by atoms with E-state index >= 15 is 0 Å². The second-order valence-electron chi connectivity index (χ2n) is 4.51. The Hall–Kier alpha value is -2.08. The van der Waals surface area contributed by atoms with Gasteiger partial charge in [-0.3, -0.25) is 9.59 Å². The number of amides is 2. The molecular weight excluding hydrogens is 260 g/mol. The lowest BCUT2D eigenvalue weighted by Crippen LogP contribution is -2.27. The highest BCUT2D eigenvalue weighted by Crippen LogP contribution is 2.28. The van der Waals surface area contributed by atoms with E-state index in [9.17, 15) is 9.59 Å². The zero-order valence-corrected chi connectivity index (χ0v) is 11.4. The smallest absolute Gasteiger partial charge is 0.262 e. The Kier molecular flexibility index (Phi) is 4.95. The van der Waals surface area contributed by atoms with Crippen LogP contribution in [-0.2, 0) is 20.7 Å². The number of methoxy groups -OCH3 is 1. The molecule has 2 N–H and O–H groups in total. The summed E-state index contributed by atoms with van der Waals surface area (Å²) < 4.78 is 10.1. The van der Waals surface area contributed by atoms with E-state index in [1.165, 1.54) is 0 Å². The van der Waals surface area contributed by atoms with Crippen LogP contribution in [0, 0.1) is 0 Å². The highest BCUT2D eigenvalue weighted by molar-refractivity contribution is 5.95. The van der Waals surface area contributed by atoms with E-state index in [0.717, 1.165) is 5.56 Å². The molecule has 0 aromatic heterocycles. The number of anilines is 1. The Morgan fingerprint density at radius 2 is 2.35 bits per heavy atom. The quantitative estimate of drug-likeness (QED) is 0.751. The average Bonchev–Trinajstić information content (AvgIpc) is 2.45. The van der Waals surface area contributed by atoms with E-state index in [0.29, 0.717) is 37.4 Å². The van der Waals surface area contributed by atoms with Gasteiger partial charge in [-0.25, -0.2) is 0 Å². The molecule has 6 nitrogen and oxygen atoms in total. The number of ether oxygens (including phenoxy) is 2. The summed E-state index contributed by atoms with van der Waals surface area (Å²) in [5, 5.41) is 5.51. The van der Waals surface area contributed by atoms with Crippen LogP contribution >= 0.6 is 0 Å². The first-order valence-corrected chi connectivity index (χ1v) is 6.50. The van der Waals surface area contributed by atoms with Gasteiger partial charge in [0.25, 0.3) is 5.91 Å². The largest absolute Gasteiger partial charge is 0.482 e. The maximum atomic E-state index is 11.6. The summed E-state index contributed by atoms with van der Waals surface area (Å²) in [6.07, 6.45) is 1.01. The zero-order chi connectivity index (χ0) is 14.4. The Morgan fingerprint density at radius 3 is 3.15 bits per heavy atom. The molecule has 0 saturated heterocycles. The van der Waals surface area contributed by atoms with Crippen molar-refractivity contribution in [2.45, 2.75) is 12.8 Å². The Morgan fingerprint density at radius 1 is 1.50 bits per heavy atom. The van der Waals surface area contributed by atoms with Crippen molar-refractivity contribution in [1.82, 2.24) is 5.32 Å². The van der Waals surface area contributed by atoms with Gasteiger partial charge in [0.2, 0.25) is 5.91 Å². The maximum absolute atomic E-state index is 11.6. The Balaban J connectivity index is 1.86. The Bertz CT molecular complexity index is 502. The molecular formula is C14H18N2O4. The number of benzene rings is 1. The molecule has 20 heavy (non-hydrogen) atoms. The first-order chi connectivity index (χ1) is 9.69. The van der Waals surface area contributed by atoms with Gasteiger partial charge < -0.3 is 20.1 Å². The average molecular weight is 278 g/mol. The number of carbonyl (C=O) groups excluding carboxylic acids is 2. The van der Waals surface area contributed by atoms with Gasteiger partial charge in [0, 0.05) is 20.1 Å². The van der Waals surface area contributed by atoms with Gasteiger partial charge in [0.1, 0.15) is 5.75 Å². The van der Waals surface area contributed by atoms with Crippen LogP contribution in [0.25, 0.3) is 0 Å². The maximum Gasteiger partial charge on any atom is 0.262 e. The van der Waals surface area contributed by atoms with Crippen LogP contribution in [0.5, 0.6) is 5.75 Å². The molecule has 1 aromatic rings. The number of hydrogen-bond acceptors (Lipinski definition) is 4. The summed E-state index contributed by atoms with van der Waals surface area (Å²) in [7, 11) is 1.59. The number of rotatable bonds is 6. The van der Waals surface area contributed by atoms with Crippen LogP contribution < -0.4 is 15.4 Å². The van der Waals surface area contributed by atoms with Crippen molar-refractivity contribution in [3.63, 3.8) is 0 Å². The minimum atomic E-state index is -0.160. The second kappa shape index (κ2) is 6.91. The topological polar surface area (TPSA) is 76.7 Å². The van der Waals surface area contributed by atoms with Gasteiger partial charge in [-0.05, 0) is 24.1 Å². The molecule has 0 spiro atoms. The monoisotopic (exact) mass is 278 g/mol. The molecule has 108 valence electrons. The molecule has 2 amide bonds. The van der Waals surface area contributed by atoms with Gasteiger partial charge in [-0.1, -0.05) is 6.07 Å². The van der Waals surface area contributed by atoms with E-state index in [1.54, 1.807) is 7.11 Å². The van der Waals surface area contributed by atoms with Crippen molar-refractivity contribution in [3.05, 3.63) is 23.8 Å². The fourth-order valence-electron chi connectivity index (χ4n) is 1.92. The fourth-order valence-corrected chi connectivity index (χ4v) is 1.92. The third-order valence-corrected chi connectivity index (χ3v) is 2.95. The molecule has 0 unspecified atom stereocenters. The molecule has 0 saturated carbocycles. The van der Waals surface area contributed by atoms with Crippen molar-refractivity contribution < 1.29 is 19.1 Å². The van der Waals surface area contributed by atoms with Crippen LogP contribution in [0.15, 0.2) is 18.2 Å². The lowest BCUT2D eigenvalue weighted by Gasteiger charge is -2.18. The van der Waals surface area contributed by atoms with Crippen LogP contribution in [0.3, 0.4) is 0 Å². The van der Waals surface area contributed by atoms with Gasteiger partial charge >= 0.3 is 0 Å². The fraction of sp³-hybridized carbons (Fsp3) is 0.429. The third-order valence-electron chi connectivity index (χ3n) is 2.95. The van der Waals surface area contributed by atoms with Crippen LogP contribution in [0.4, 0.5) is 5.69 Å². The van der Waals surface area contributed by atoms with Crippen molar-refractivity contribution >= 4 is 17.5 Å². The van der Waals surface area contributed by atoms with Gasteiger partial charge in [-0.2, -0.15) is 0 Å². The van der Waals surface area contributed by atoms with Crippen molar-refractivity contribution in [2.75, 3.05) is 32.2 Å². The van der Waals surface area contributed by atoms with Crippen molar-refractivity contribution in [3.8, 4) is 5.75 Å². The van der Waals surface area contributed by atoms with E-state index in [4.69, 9.17) is 9.47 Å². The molecule has 0 atom stereocenters. The second-order valence-corrected chi connectivity index (χ2v) is 4.51. The summed E-state index contributed by atoms with van der Waals surface area (Å²) in [4.78, 5) is 22.8. The standard InChI is InChI=1S/C14H18N2O4/c1-19-7-6-15-13(17)5-3-10-2-4-12-11(8-10)16-14(18)9-20-12/h2,4,8H,3,5-7,9H2,1H3,(H,15,17)(H,16,18). The lowest BCUT2D eigenvalue weighted by atomic mass is 10.1. The molecule has 1 aliphatic rings. The summed E-state index contributed by atoms with van der Waals surface area (Å²) in [6.45, 7) is 1.08. The van der Waals surface area contributed by atoms with Gasteiger partial charge in [0.05, 0.1) is 12.3 Å². The van der Waals surface area contributed by atoms with Crippen LogP contribution in [-0.4, -0.2) is 38.7 Å². The van der Waals surface area contributed by atoms with E-state index in [2.05, 4.69) is 10.6 Å². The van der Waals surface area contributed by atoms with E-state index in [-0.39, 0.29) is 18.4 Å². The molecule has 2 rings (SSSR count). The molecule has 1 heterocycles. The predicted molar refractivity (Wildman–Crippen MR) is 73.8 cm³/mol. The van der Waals surface area contributed by atoms with Gasteiger partial charge in [-0.15, -0.1) is 0 Å². The number of carbonyl (C=O) groups is 2. The molecule has 0 fully saturated rings. The first-order valence-electron chi connectivity index (χ1n) is 6.50. The number of aryl methyl sites for hydroxylation is 1. The van der Waals surface area contributed by atoms with E-state index in [1.807, 2.05) is 18.2 Å². The van der Waals surface area contributed by atoms with Crippen LogP contribution in [0.2, 0.25) is 0 Å². The van der Waals surface area contributed by atoms with Crippen molar-refractivity contribution in [2.24, 2.45) is 0 Å². The molecule has 1 aliphatic heterocycles. The molecule has 0 bridgehead atoms. The van der Waals surface area contributed by atoms with Crippen LogP contribution in [0.1, 0.15) is 12.0 Å². The van der Waals surface area contributed by atoms with Gasteiger partial charge in [0.15, 0.2) is 6.61 Å². The number of fused-ring (bicyclic) bond motifs is 1. The molecule has 6 heteroatoms. The summed E-state index contributed by atoms with van der Waals surface area (Å²) >= 11 is 0. The molecule has 0 aliphatic carbocycles. The predicted octanol–water partition coefficient (Wildman–Crippen LogP) is 0.713. The highest BCUT2D eigenvalue weighted by Gasteiger charge is 2.15. The van der Waals surface area contributed by atoms with E-state index < -0.39 is 0 Å². The lowest BCUT2D eigenvalue weighted by molar-refractivity contribution is -0.121. The minimum absolute atomic E-state index is 0.0138. The molecule has 1 aromatic carbocycles. The molecule has 0 radical (unpaired) electrons. The normalized spacial score (nSPS) is 13.2. The number of hydrogen-bond donors (Lipinski definition) is 2. The first kappa shape index (κ1) is 14.3. The summed E-state index contributed by atoms with van der Waals surface area (Å²) in [5.74, 6) is 0.491. The minimum Gasteiger partial charge on any atom is -0.482 e. The number of nitrogens with one attached hydrogen (secondary N) is 2. The zero-order valence-electron chi connectivity index (χ0n) is 11.4. The SMILES string of the molecule is COCCNC(=O)CCc1ccc2c(c1)NC(=O)CO2. The van der Waals surface area contributed by atoms with Crippen molar-refractivity contribution in [1.29, 1.82) is 0 Å². The Labute approximate surface area is 117 Å². The summed E-state index contributed by atoms with van der Waals surface area (Å²) in [5.41, 5.74) is 1.65. The highest BCUT2D eigenvalue weighted by atomic mass is 16.5.